The van der Waals surface area contributed by atoms with Gasteiger partial charge in [-0.2, -0.15) is 9.78 Å². The molecule has 5 aromatic rings. The number of methoxy groups -OCH3 is 2. The number of ether oxygens (including phenoxy) is 2. The summed E-state index contributed by atoms with van der Waals surface area (Å²) < 4.78 is 12.4. The SMILES string of the molecule is COc1ccc(-c2csc(-n3nc(C)cc3NC(=O)Cc3c[nH]c4ccccc34)n2)cc1OC. The summed E-state index contributed by atoms with van der Waals surface area (Å²) in [5.74, 6) is 1.75. The number of hydrogen-bond acceptors (Lipinski definition) is 6. The van der Waals surface area contributed by atoms with Crippen molar-refractivity contribution in [2.24, 2.45) is 0 Å². The maximum atomic E-state index is 12.9. The lowest BCUT2D eigenvalue weighted by Gasteiger charge is -2.08. The smallest absolute Gasteiger partial charge is 0.230 e. The molecule has 0 radical (unpaired) electrons. The Balaban J connectivity index is 1.38. The summed E-state index contributed by atoms with van der Waals surface area (Å²) in [5, 5.41) is 11.2. The van der Waals surface area contributed by atoms with Crippen molar-refractivity contribution >= 4 is 34.0 Å². The van der Waals surface area contributed by atoms with E-state index in [1.807, 2.05) is 67.0 Å². The quantitative estimate of drug-likeness (QED) is 0.348. The van der Waals surface area contributed by atoms with E-state index in [2.05, 4.69) is 15.4 Å². The van der Waals surface area contributed by atoms with Gasteiger partial charge in [0.2, 0.25) is 11.0 Å². The molecule has 3 aromatic heterocycles. The highest BCUT2D eigenvalue weighted by Gasteiger charge is 2.16. The lowest BCUT2D eigenvalue weighted by atomic mass is 10.1. The molecular formula is C25H23N5O3S. The minimum absolute atomic E-state index is 0.123. The van der Waals surface area contributed by atoms with Gasteiger partial charge in [-0.05, 0) is 36.8 Å². The van der Waals surface area contributed by atoms with E-state index in [-0.39, 0.29) is 12.3 Å². The lowest BCUT2D eigenvalue weighted by Crippen LogP contribution is -2.17. The molecule has 9 heteroatoms. The van der Waals surface area contributed by atoms with E-state index in [9.17, 15) is 4.79 Å². The van der Waals surface area contributed by atoms with Crippen molar-refractivity contribution in [3.05, 3.63) is 71.4 Å². The second-order valence-corrected chi connectivity index (χ2v) is 8.59. The van der Waals surface area contributed by atoms with Crippen LogP contribution in [0.3, 0.4) is 0 Å². The molecule has 0 bridgehead atoms. The van der Waals surface area contributed by atoms with E-state index < -0.39 is 0 Å². The predicted molar refractivity (Wildman–Crippen MR) is 133 cm³/mol. The second-order valence-electron chi connectivity index (χ2n) is 7.75. The number of rotatable bonds is 7. The molecule has 34 heavy (non-hydrogen) atoms. The first-order valence-electron chi connectivity index (χ1n) is 10.7. The fraction of sp³-hybridized carbons (Fsp3) is 0.160. The van der Waals surface area contributed by atoms with Gasteiger partial charge in [-0.25, -0.2) is 4.98 Å². The van der Waals surface area contributed by atoms with Crippen molar-refractivity contribution in [1.29, 1.82) is 0 Å². The summed E-state index contributed by atoms with van der Waals surface area (Å²) in [4.78, 5) is 20.8. The zero-order valence-corrected chi connectivity index (χ0v) is 19.8. The molecule has 0 saturated carbocycles. The number of H-pyrrole nitrogens is 1. The molecule has 0 unspecified atom stereocenters. The average Bonchev–Trinajstić information content (AvgIpc) is 3.57. The Morgan fingerprint density at radius 2 is 1.94 bits per heavy atom. The number of carbonyl (C=O) groups is 1. The number of fused-ring (bicyclic) bond motifs is 1. The largest absolute Gasteiger partial charge is 0.493 e. The van der Waals surface area contributed by atoms with Crippen LogP contribution in [-0.2, 0) is 11.2 Å². The monoisotopic (exact) mass is 473 g/mol. The highest BCUT2D eigenvalue weighted by molar-refractivity contribution is 7.12. The minimum atomic E-state index is -0.123. The summed E-state index contributed by atoms with van der Waals surface area (Å²) in [7, 11) is 3.21. The average molecular weight is 474 g/mol. The number of nitrogens with one attached hydrogen (secondary N) is 2. The molecule has 0 saturated heterocycles. The van der Waals surface area contributed by atoms with E-state index in [1.54, 1.807) is 18.9 Å². The molecule has 0 aliphatic carbocycles. The Hall–Kier alpha value is -4.11. The first-order chi connectivity index (χ1) is 16.6. The number of aromatic nitrogens is 4. The first kappa shape index (κ1) is 21.7. The highest BCUT2D eigenvalue weighted by atomic mass is 32.1. The first-order valence-corrected chi connectivity index (χ1v) is 11.5. The van der Waals surface area contributed by atoms with Crippen LogP contribution >= 0.6 is 11.3 Å². The van der Waals surface area contributed by atoms with Crippen LogP contribution in [0.15, 0.2) is 60.1 Å². The number of hydrogen-bond donors (Lipinski definition) is 2. The number of carbonyl (C=O) groups excluding carboxylic acids is 1. The third kappa shape index (κ3) is 4.13. The number of aryl methyl sites for hydroxylation is 1. The molecule has 3 heterocycles. The van der Waals surface area contributed by atoms with Crippen molar-refractivity contribution < 1.29 is 14.3 Å². The van der Waals surface area contributed by atoms with Gasteiger partial charge in [-0.15, -0.1) is 11.3 Å². The summed E-state index contributed by atoms with van der Waals surface area (Å²) in [5.41, 5.74) is 4.42. The third-order valence-corrected chi connectivity index (χ3v) is 6.29. The van der Waals surface area contributed by atoms with Gasteiger partial charge in [-0.1, -0.05) is 18.2 Å². The van der Waals surface area contributed by atoms with E-state index in [0.717, 1.165) is 33.4 Å². The normalized spacial score (nSPS) is 11.0. The number of amides is 1. The molecule has 1 amide bonds. The molecule has 8 nitrogen and oxygen atoms in total. The van der Waals surface area contributed by atoms with Gasteiger partial charge in [0, 0.05) is 34.1 Å². The lowest BCUT2D eigenvalue weighted by molar-refractivity contribution is -0.115. The number of benzene rings is 2. The summed E-state index contributed by atoms with van der Waals surface area (Å²) in [6, 6.07) is 15.4. The van der Waals surface area contributed by atoms with Gasteiger partial charge in [0.15, 0.2) is 11.5 Å². The Morgan fingerprint density at radius 3 is 2.76 bits per heavy atom. The predicted octanol–water partition coefficient (Wildman–Crippen LogP) is 4.98. The van der Waals surface area contributed by atoms with Crippen molar-refractivity contribution in [3.63, 3.8) is 0 Å². The molecule has 0 atom stereocenters. The molecule has 0 aliphatic heterocycles. The van der Waals surface area contributed by atoms with E-state index in [1.165, 1.54) is 11.3 Å². The van der Waals surface area contributed by atoms with Crippen molar-refractivity contribution in [2.45, 2.75) is 13.3 Å². The summed E-state index contributed by atoms with van der Waals surface area (Å²) in [6.45, 7) is 1.88. The Morgan fingerprint density at radius 1 is 1.12 bits per heavy atom. The summed E-state index contributed by atoms with van der Waals surface area (Å²) in [6.07, 6.45) is 2.13. The minimum Gasteiger partial charge on any atom is -0.493 e. The highest BCUT2D eigenvalue weighted by Crippen LogP contribution is 2.33. The molecule has 0 aliphatic rings. The van der Waals surface area contributed by atoms with E-state index in [0.29, 0.717) is 22.4 Å². The Bertz CT molecular complexity index is 1480. The number of thiazole rings is 1. The maximum Gasteiger partial charge on any atom is 0.230 e. The van der Waals surface area contributed by atoms with Crippen LogP contribution < -0.4 is 14.8 Å². The zero-order chi connectivity index (χ0) is 23.7. The topological polar surface area (TPSA) is 94.1 Å². The van der Waals surface area contributed by atoms with Crippen molar-refractivity contribution in [3.8, 4) is 27.9 Å². The summed E-state index contributed by atoms with van der Waals surface area (Å²) >= 11 is 1.44. The van der Waals surface area contributed by atoms with Crippen LogP contribution in [0, 0.1) is 6.92 Å². The van der Waals surface area contributed by atoms with Crippen LogP contribution in [-0.4, -0.2) is 39.9 Å². The van der Waals surface area contributed by atoms with E-state index in [4.69, 9.17) is 14.5 Å². The number of anilines is 1. The molecule has 5 rings (SSSR count). The van der Waals surface area contributed by atoms with Gasteiger partial charge in [0.25, 0.3) is 0 Å². The molecule has 172 valence electrons. The van der Waals surface area contributed by atoms with Gasteiger partial charge in [0.1, 0.15) is 5.82 Å². The van der Waals surface area contributed by atoms with E-state index >= 15 is 0 Å². The van der Waals surface area contributed by atoms with Gasteiger partial charge < -0.3 is 19.8 Å². The van der Waals surface area contributed by atoms with Crippen LogP contribution in [0.5, 0.6) is 11.5 Å². The fourth-order valence-corrected chi connectivity index (χ4v) is 4.66. The fourth-order valence-electron chi connectivity index (χ4n) is 3.86. The molecule has 0 spiro atoms. The van der Waals surface area contributed by atoms with Crippen molar-refractivity contribution in [1.82, 2.24) is 19.7 Å². The van der Waals surface area contributed by atoms with Crippen LogP contribution in [0.1, 0.15) is 11.3 Å². The van der Waals surface area contributed by atoms with Gasteiger partial charge in [-0.3, -0.25) is 4.79 Å². The van der Waals surface area contributed by atoms with Crippen LogP contribution in [0.2, 0.25) is 0 Å². The maximum absolute atomic E-state index is 12.9. The molecule has 2 aromatic carbocycles. The number of nitrogens with zero attached hydrogens (tertiary/aromatic N) is 3. The van der Waals surface area contributed by atoms with Crippen LogP contribution in [0.25, 0.3) is 27.3 Å². The zero-order valence-electron chi connectivity index (χ0n) is 19.0. The van der Waals surface area contributed by atoms with Gasteiger partial charge >= 0.3 is 0 Å². The van der Waals surface area contributed by atoms with Crippen molar-refractivity contribution in [2.75, 3.05) is 19.5 Å². The third-order valence-electron chi connectivity index (χ3n) is 5.48. The Labute approximate surface area is 200 Å². The van der Waals surface area contributed by atoms with Gasteiger partial charge in [0.05, 0.1) is 32.0 Å². The number of aromatic amines is 1. The second kappa shape index (κ2) is 9.03. The van der Waals surface area contributed by atoms with Crippen LogP contribution in [0.4, 0.5) is 5.82 Å². The molecular weight excluding hydrogens is 450 g/mol. The molecule has 0 fully saturated rings. The Kier molecular flexibility index (Phi) is 5.77. The molecule has 2 N–H and O–H groups in total. The standard InChI is InChI=1S/C25H23N5O3S/c1-15-10-23(28-24(31)12-17-13-26-19-7-5-4-6-18(17)19)30(29-15)25-27-20(14-34-25)16-8-9-21(32-2)22(11-16)33-3/h4-11,13-14,26H,12H2,1-3H3,(H,28,31). The number of para-hydroxylation sites is 1.